The average Bonchev–Trinajstić information content (AvgIpc) is 2.42. The quantitative estimate of drug-likeness (QED) is 0.781. The Labute approximate surface area is 120 Å². The maximum Gasteiger partial charge on any atom is 0.235 e. The minimum Gasteiger partial charge on any atom is -0.393 e. The van der Waals surface area contributed by atoms with Crippen LogP contribution in [0.4, 0.5) is 0 Å². The second-order valence-corrected chi connectivity index (χ2v) is 6.00. The Morgan fingerprint density at radius 2 is 2.00 bits per heavy atom. The zero-order valence-corrected chi connectivity index (χ0v) is 12.7. The van der Waals surface area contributed by atoms with E-state index in [1.54, 1.807) is 30.6 Å². The molecule has 2 atom stereocenters. The molecule has 1 N–H and O–H groups in total. The van der Waals surface area contributed by atoms with Crippen LogP contribution in [-0.2, 0) is 4.79 Å². The monoisotopic (exact) mass is 281 g/mol. The van der Waals surface area contributed by atoms with E-state index in [2.05, 4.69) is 0 Å². The lowest BCUT2D eigenvalue weighted by Crippen LogP contribution is -2.36. The van der Waals surface area contributed by atoms with E-state index in [1.807, 2.05) is 37.3 Å². The zero-order chi connectivity index (χ0) is 14.3. The molecule has 0 radical (unpaired) electrons. The largest absolute Gasteiger partial charge is 0.393 e. The van der Waals surface area contributed by atoms with Crippen LogP contribution in [0.2, 0.25) is 0 Å². The van der Waals surface area contributed by atoms with Crippen LogP contribution in [0, 0.1) is 0 Å². The number of carbonyl (C=O) groups excluding carboxylic acids is 1. The summed E-state index contributed by atoms with van der Waals surface area (Å²) in [6, 6.07) is 9.99. The maximum absolute atomic E-state index is 12.3. The van der Waals surface area contributed by atoms with Crippen molar-refractivity contribution in [3.8, 4) is 0 Å². The molecule has 0 saturated carbocycles. The Morgan fingerprint density at radius 3 is 2.53 bits per heavy atom. The fraction of sp³-hybridized carbons (Fsp3) is 0.533. The molecule has 0 heterocycles. The second kappa shape index (κ2) is 8.23. The lowest BCUT2D eigenvalue weighted by atomic mass is 10.2. The molecule has 0 bridgehead atoms. The number of benzene rings is 1. The number of amides is 1. The summed E-state index contributed by atoms with van der Waals surface area (Å²) in [5.41, 5.74) is 0. The highest BCUT2D eigenvalue weighted by Crippen LogP contribution is 2.26. The first-order valence-electron chi connectivity index (χ1n) is 6.69. The van der Waals surface area contributed by atoms with E-state index in [4.69, 9.17) is 0 Å². The molecule has 3 nitrogen and oxygen atoms in total. The fourth-order valence-electron chi connectivity index (χ4n) is 1.71. The maximum atomic E-state index is 12.3. The van der Waals surface area contributed by atoms with Gasteiger partial charge in [-0.05, 0) is 31.9 Å². The van der Waals surface area contributed by atoms with Gasteiger partial charge in [-0.15, -0.1) is 11.8 Å². The molecule has 2 unspecified atom stereocenters. The number of rotatable bonds is 7. The van der Waals surface area contributed by atoms with Gasteiger partial charge >= 0.3 is 0 Å². The molecule has 106 valence electrons. The van der Waals surface area contributed by atoms with Gasteiger partial charge in [0.25, 0.3) is 0 Å². The van der Waals surface area contributed by atoms with Crippen molar-refractivity contribution >= 4 is 17.7 Å². The van der Waals surface area contributed by atoms with E-state index in [9.17, 15) is 9.90 Å². The summed E-state index contributed by atoms with van der Waals surface area (Å²) < 4.78 is 0. The summed E-state index contributed by atoms with van der Waals surface area (Å²) in [6.07, 6.45) is 1.06. The number of nitrogens with zero attached hydrogens (tertiary/aromatic N) is 1. The highest BCUT2D eigenvalue weighted by Gasteiger charge is 2.21. The van der Waals surface area contributed by atoms with Crippen LogP contribution < -0.4 is 0 Å². The number of aliphatic hydroxyl groups excluding tert-OH is 1. The third kappa shape index (κ3) is 5.66. The van der Waals surface area contributed by atoms with Gasteiger partial charge in [-0.2, -0.15) is 0 Å². The van der Waals surface area contributed by atoms with E-state index in [-0.39, 0.29) is 17.3 Å². The number of hydrogen-bond donors (Lipinski definition) is 1. The molecule has 1 amide bonds. The Kier molecular flexibility index (Phi) is 6.95. The normalized spacial score (nSPS) is 13.9. The Morgan fingerprint density at radius 1 is 1.37 bits per heavy atom. The molecular weight excluding hydrogens is 258 g/mol. The summed E-state index contributed by atoms with van der Waals surface area (Å²) >= 11 is 1.61. The van der Waals surface area contributed by atoms with Crippen LogP contribution in [0.1, 0.15) is 26.7 Å². The van der Waals surface area contributed by atoms with Crippen molar-refractivity contribution in [3.63, 3.8) is 0 Å². The third-order valence-corrected chi connectivity index (χ3v) is 4.29. The highest BCUT2D eigenvalue weighted by molar-refractivity contribution is 8.00. The van der Waals surface area contributed by atoms with Gasteiger partial charge in [0.2, 0.25) is 5.91 Å². The Balaban J connectivity index is 2.56. The van der Waals surface area contributed by atoms with E-state index >= 15 is 0 Å². The average molecular weight is 281 g/mol. The van der Waals surface area contributed by atoms with E-state index in [0.717, 1.165) is 11.3 Å². The van der Waals surface area contributed by atoms with Gasteiger partial charge in [-0.25, -0.2) is 0 Å². The molecule has 0 saturated heterocycles. The molecule has 1 aromatic rings. The van der Waals surface area contributed by atoms with Crippen molar-refractivity contribution in [1.82, 2.24) is 4.90 Å². The van der Waals surface area contributed by atoms with E-state index in [0.29, 0.717) is 13.0 Å². The van der Waals surface area contributed by atoms with Crippen LogP contribution in [0.5, 0.6) is 0 Å². The van der Waals surface area contributed by atoms with Crippen molar-refractivity contribution in [1.29, 1.82) is 0 Å². The van der Waals surface area contributed by atoms with Crippen molar-refractivity contribution in [2.75, 3.05) is 13.6 Å². The van der Waals surface area contributed by atoms with Gasteiger partial charge in [-0.3, -0.25) is 4.79 Å². The molecule has 1 rings (SSSR count). The van der Waals surface area contributed by atoms with Gasteiger partial charge in [0.1, 0.15) is 0 Å². The summed E-state index contributed by atoms with van der Waals surface area (Å²) in [4.78, 5) is 15.2. The minimum atomic E-state index is -0.364. The predicted molar refractivity (Wildman–Crippen MR) is 80.3 cm³/mol. The molecule has 0 spiro atoms. The number of thioether (sulfide) groups is 1. The summed E-state index contributed by atoms with van der Waals surface area (Å²) in [7, 11) is 1.80. The predicted octanol–water partition coefficient (Wildman–Crippen LogP) is 2.79. The highest BCUT2D eigenvalue weighted by atomic mass is 32.2. The standard InChI is InChI=1S/C15H23NO2S/c1-4-14(19-13-8-6-5-7-9-13)15(18)16(3)11-10-12(2)17/h5-9,12,14,17H,4,10-11H2,1-3H3. The fourth-order valence-corrected chi connectivity index (χ4v) is 2.80. The molecular formula is C15H23NO2S. The molecule has 0 aliphatic carbocycles. The first-order chi connectivity index (χ1) is 9.04. The van der Waals surface area contributed by atoms with Gasteiger partial charge < -0.3 is 10.0 Å². The van der Waals surface area contributed by atoms with Crippen LogP contribution >= 0.6 is 11.8 Å². The molecule has 0 fully saturated rings. The van der Waals surface area contributed by atoms with Crippen molar-refractivity contribution in [2.45, 2.75) is 42.9 Å². The van der Waals surface area contributed by atoms with Crippen LogP contribution in [0.3, 0.4) is 0 Å². The van der Waals surface area contributed by atoms with Crippen molar-refractivity contribution < 1.29 is 9.90 Å². The summed E-state index contributed by atoms with van der Waals surface area (Å²) in [6.45, 7) is 4.37. The summed E-state index contributed by atoms with van der Waals surface area (Å²) in [5.74, 6) is 0.136. The number of carbonyl (C=O) groups is 1. The number of aliphatic hydroxyl groups is 1. The van der Waals surface area contributed by atoms with Crippen LogP contribution in [0.25, 0.3) is 0 Å². The lowest BCUT2D eigenvalue weighted by Gasteiger charge is -2.23. The topological polar surface area (TPSA) is 40.5 Å². The zero-order valence-electron chi connectivity index (χ0n) is 11.9. The molecule has 4 heteroatoms. The molecule has 0 aromatic heterocycles. The SMILES string of the molecule is CCC(Sc1ccccc1)C(=O)N(C)CCC(C)O. The van der Waals surface area contributed by atoms with Crippen molar-refractivity contribution in [2.24, 2.45) is 0 Å². The Bertz CT molecular complexity index is 381. The number of hydrogen-bond acceptors (Lipinski definition) is 3. The van der Waals surface area contributed by atoms with Gasteiger partial charge in [0.05, 0.1) is 11.4 Å². The minimum absolute atomic E-state index is 0.0543. The van der Waals surface area contributed by atoms with Gasteiger partial charge in [-0.1, -0.05) is 25.1 Å². The van der Waals surface area contributed by atoms with Gasteiger partial charge in [0, 0.05) is 18.5 Å². The first kappa shape index (κ1) is 16.1. The molecule has 19 heavy (non-hydrogen) atoms. The van der Waals surface area contributed by atoms with Crippen molar-refractivity contribution in [3.05, 3.63) is 30.3 Å². The van der Waals surface area contributed by atoms with Crippen LogP contribution in [0.15, 0.2) is 35.2 Å². The Hall–Kier alpha value is -1.00. The lowest BCUT2D eigenvalue weighted by molar-refractivity contribution is -0.129. The third-order valence-electron chi connectivity index (χ3n) is 2.93. The molecule has 0 aliphatic heterocycles. The van der Waals surface area contributed by atoms with E-state index < -0.39 is 0 Å². The second-order valence-electron chi connectivity index (χ2n) is 4.73. The van der Waals surface area contributed by atoms with Gasteiger partial charge in [0.15, 0.2) is 0 Å². The van der Waals surface area contributed by atoms with Crippen LogP contribution in [-0.4, -0.2) is 40.9 Å². The first-order valence-corrected chi connectivity index (χ1v) is 7.57. The molecule has 1 aromatic carbocycles. The molecule has 0 aliphatic rings. The van der Waals surface area contributed by atoms with E-state index in [1.165, 1.54) is 0 Å². The summed E-state index contributed by atoms with van der Waals surface area (Å²) in [5, 5.41) is 9.22. The smallest absolute Gasteiger partial charge is 0.235 e.